The van der Waals surface area contributed by atoms with Gasteiger partial charge in [0.1, 0.15) is 79.1 Å². The molecule has 0 bridgehead atoms. The average molecular weight is 899 g/mol. The van der Waals surface area contributed by atoms with E-state index in [1.54, 1.807) is 142 Å². The zero-order valence-corrected chi connectivity index (χ0v) is 40.0. The van der Waals surface area contributed by atoms with Gasteiger partial charge in [0, 0.05) is 0 Å². The van der Waals surface area contributed by atoms with Gasteiger partial charge in [0.25, 0.3) is 0 Å². The Morgan fingerprint density at radius 3 is 0.646 bits per heavy atom. The highest BCUT2D eigenvalue weighted by atomic mass is 16.5. The van der Waals surface area contributed by atoms with Crippen LogP contribution in [0.2, 0.25) is 0 Å². The molecule has 13 nitrogen and oxygen atoms in total. The van der Waals surface area contributed by atoms with Gasteiger partial charge in [-0.1, -0.05) is 24.3 Å². The number of ether oxygens (including phenoxy) is 9. The molecule has 0 amide bonds. The first-order valence-electron chi connectivity index (χ1n) is 22.6. The van der Waals surface area contributed by atoms with Gasteiger partial charge in [-0.3, -0.25) is 19.2 Å². The second-order valence-corrected chi connectivity index (χ2v) is 15.1. The molecule has 0 aliphatic carbocycles. The first-order chi connectivity index (χ1) is 31.2. The van der Waals surface area contributed by atoms with E-state index >= 15 is 19.2 Å². The van der Waals surface area contributed by atoms with Gasteiger partial charge in [-0.25, -0.2) is 0 Å². The molecule has 4 aromatic rings. The lowest BCUT2D eigenvalue weighted by molar-refractivity contribution is -0.0697. The van der Waals surface area contributed by atoms with Gasteiger partial charge in [-0.15, -0.1) is 0 Å². The number of ketones is 4. The van der Waals surface area contributed by atoms with Crippen molar-refractivity contribution in [1.82, 2.24) is 0 Å². The molecule has 13 heteroatoms. The van der Waals surface area contributed by atoms with Crippen molar-refractivity contribution in [3.05, 3.63) is 95.1 Å². The zero-order valence-electron chi connectivity index (χ0n) is 40.0. The third-order valence-corrected chi connectivity index (χ3v) is 11.2. The van der Waals surface area contributed by atoms with Crippen LogP contribution in [0.3, 0.4) is 0 Å². The fraction of sp³-hybridized carbons (Fsp3) is 0.462. The third kappa shape index (κ3) is 10.7. The molecule has 2 unspecified atom stereocenters. The Bertz CT molecular complexity index is 1870. The summed E-state index contributed by atoms with van der Waals surface area (Å²) in [5, 5.41) is 0. The topological polar surface area (TPSA) is 151 Å². The smallest absolute Gasteiger partial charge is 0.186 e. The second kappa shape index (κ2) is 23.7. The van der Waals surface area contributed by atoms with E-state index in [-0.39, 0.29) is 121 Å². The summed E-state index contributed by atoms with van der Waals surface area (Å²) in [7, 11) is 0. The van der Waals surface area contributed by atoms with E-state index in [0.717, 1.165) is 0 Å². The number of rotatable bonds is 28. The van der Waals surface area contributed by atoms with Gasteiger partial charge in [-0.05, 0) is 132 Å². The third-order valence-electron chi connectivity index (χ3n) is 11.2. The van der Waals surface area contributed by atoms with Crippen molar-refractivity contribution < 1.29 is 61.8 Å². The van der Waals surface area contributed by atoms with Crippen molar-refractivity contribution >= 4 is 23.1 Å². The molecule has 0 aliphatic rings. The highest BCUT2D eigenvalue weighted by Gasteiger charge is 2.55. The van der Waals surface area contributed by atoms with Gasteiger partial charge in [-0.2, -0.15) is 0 Å². The van der Waals surface area contributed by atoms with E-state index in [0.29, 0.717) is 0 Å². The van der Waals surface area contributed by atoms with Crippen molar-refractivity contribution in [2.75, 3.05) is 52.9 Å². The molecule has 0 aromatic heterocycles. The first-order valence-corrected chi connectivity index (χ1v) is 22.6. The number of carbonyl (C=O) groups excluding carboxylic acids is 4. The van der Waals surface area contributed by atoms with Crippen LogP contribution in [0.5, 0.6) is 46.0 Å². The quantitative estimate of drug-likeness (QED) is 0.0393. The molecule has 0 heterocycles. The molecule has 4 rings (SSSR count). The van der Waals surface area contributed by atoms with Crippen molar-refractivity contribution in [1.29, 1.82) is 0 Å². The maximum atomic E-state index is 15.7. The predicted octanol–water partition coefficient (Wildman–Crippen LogP) is 10.5. The molecule has 65 heavy (non-hydrogen) atoms. The Hall–Kier alpha value is -6.08. The Morgan fingerprint density at radius 2 is 0.508 bits per heavy atom. The molecule has 2 atom stereocenters. The fourth-order valence-electron chi connectivity index (χ4n) is 7.71. The van der Waals surface area contributed by atoms with Crippen LogP contribution < -0.4 is 37.9 Å². The molecule has 0 radical (unpaired) electrons. The Kier molecular flexibility index (Phi) is 18.8. The Morgan fingerprint density at radius 1 is 0.354 bits per heavy atom. The van der Waals surface area contributed by atoms with Crippen LogP contribution in [0.15, 0.2) is 72.8 Å². The van der Waals surface area contributed by atoms with Crippen LogP contribution in [-0.2, 0) is 4.74 Å². The molecule has 0 saturated heterocycles. The van der Waals surface area contributed by atoms with Crippen LogP contribution in [0.4, 0.5) is 0 Å². The molecule has 4 aromatic carbocycles. The summed E-state index contributed by atoms with van der Waals surface area (Å²) in [5.41, 5.74) is -4.24. The molecule has 0 aliphatic heterocycles. The van der Waals surface area contributed by atoms with E-state index in [4.69, 9.17) is 42.6 Å². The average Bonchev–Trinajstić information content (AvgIpc) is 3.29. The van der Waals surface area contributed by atoms with Crippen molar-refractivity contribution in [3.8, 4) is 46.0 Å². The summed E-state index contributed by atoms with van der Waals surface area (Å²) in [5.74, 6) is -1.32. The molecule has 0 spiro atoms. The lowest BCUT2D eigenvalue weighted by Gasteiger charge is -2.40. The lowest BCUT2D eigenvalue weighted by Crippen LogP contribution is -2.53. The Balaban J connectivity index is 2.09. The highest BCUT2D eigenvalue weighted by Crippen LogP contribution is 2.47. The van der Waals surface area contributed by atoms with Gasteiger partial charge in [0.15, 0.2) is 23.1 Å². The number of Topliss-reactive ketones (excluding diaryl/α,β-unsaturated/α-hetero) is 4. The SMILES string of the molecule is CCOc1cccc(OCC)c1C(=O)C(C)(C(=O)c1c(OCC)cccc1OCC)C(C)OC(C)C(C)(C(=O)c1c(OCC)cccc1OCC)C(=O)c1c(OCC)cccc1OCC. The molecular formula is C52H66O13. The van der Waals surface area contributed by atoms with Crippen LogP contribution in [-0.4, -0.2) is 88.2 Å². The molecule has 352 valence electrons. The number of benzene rings is 4. The number of hydrogen-bond donors (Lipinski definition) is 0. The van der Waals surface area contributed by atoms with Crippen LogP contribution in [0, 0.1) is 10.8 Å². The minimum atomic E-state index is -2.14. The second-order valence-electron chi connectivity index (χ2n) is 15.1. The van der Waals surface area contributed by atoms with E-state index < -0.39 is 46.2 Å². The normalized spacial score (nSPS) is 12.4. The lowest BCUT2D eigenvalue weighted by atomic mass is 9.69. The van der Waals surface area contributed by atoms with E-state index in [1.165, 1.54) is 13.8 Å². The largest absolute Gasteiger partial charge is 0.493 e. The fourth-order valence-corrected chi connectivity index (χ4v) is 7.71. The molecule has 0 saturated carbocycles. The minimum absolute atomic E-state index is 0.0101. The molecule has 0 N–H and O–H groups in total. The minimum Gasteiger partial charge on any atom is -0.493 e. The van der Waals surface area contributed by atoms with Crippen molar-refractivity contribution in [3.63, 3.8) is 0 Å². The zero-order chi connectivity index (χ0) is 47.9. The Labute approximate surface area is 383 Å². The van der Waals surface area contributed by atoms with Crippen molar-refractivity contribution in [2.45, 2.75) is 95.3 Å². The van der Waals surface area contributed by atoms with Gasteiger partial charge in [0.2, 0.25) is 0 Å². The van der Waals surface area contributed by atoms with Gasteiger partial charge in [0.05, 0.1) is 65.1 Å². The summed E-state index contributed by atoms with van der Waals surface area (Å²) < 4.78 is 55.0. The van der Waals surface area contributed by atoms with Crippen molar-refractivity contribution in [2.24, 2.45) is 10.8 Å². The maximum absolute atomic E-state index is 15.7. The standard InChI is InChI=1S/C52H66O13/c1-13-57-35-25-21-26-36(58-14-2)43(35)47(53)51(11,48(54)44-37(59-15-3)27-22-28-38(44)60-16-4)33(9)65-34(10)52(12,49(55)45-39(61-17-5)29-23-30-40(45)62-18-6)50(56)46-41(63-19-7)31-24-32-42(46)64-20-8/h21-34H,13-20H2,1-12H3. The summed E-state index contributed by atoms with van der Waals surface area (Å²) >= 11 is 0. The van der Waals surface area contributed by atoms with Gasteiger partial charge < -0.3 is 42.6 Å². The first kappa shape index (κ1) is 51.6. The summed E-state index contributed by atoms with van der Waals surface area (Å²) in [6.45, 7) is 21.9. The van der Waals surface area contributed by atoms with E-state index in [9.17, 15) is 0 Å². The predicted molar refractivity (Wildman–Crippen MR) is 249 cm³/mol. The highest BCUT2D eigenvalue weighted by molar-refractivity contribution is 6.24. The van der Waals surface area contributed by atoms with Crippen LogP contribution in [0.1, 0.15) is 125 Å². The number of carbonyl (C=O) groups is 4. The van der Waals surface area contributed by atoms with Crippen LogP contribution in [0.25, 0.3) is 0 Å². The summed E-state index contributed by atoms with van der Waals surface area (Å²) in [4.78, 5) is 62.9. The van der Waals surface area contributed by atoms with Crippen LogP contribution >= 0.6 is 0 Å². The van der Waals surface area contributed by atoms with E-state index in [2.05, 4.69) is 0 Å². The monoisotopic (exact) mass is 898 g/mol. The molecule has 0 fully saturated rings. The van der Waals surface area contributed by atoms with Gasteiger partial charge >= 0.3 is 0 Å². The maximum Gasteiger partial charge on any atom is 0.186 e. The summed E-state index contributed by atoms with van der Waals surface area (Å²) in [6, 6.07) is 19.8. The van der Waals surface area contributed by atoms with E-state index in [1.807, 2.05) is 0 Å². The summed E-state index contributed by atoms with van der Waals surface area (Å²) in [6.07, 6.45) is -2.76. The molecular weight excluding hydrogens is 833 g/mol. The number of hydrogen-bond acceptors (Lipinski definition) is 13.